The highest BCUT2D eigenvalue weighted by Gasteiger charge is 2.23. The van der Waals surface area contributed by atoms with Crippen LogP contribution in [0.4, 0.5) is 0 Å². The predicted molar refractivity (Wildman–Crippen MR) is 85.5 cm³/mol. The van der Waals surface area contributed by atoms with E-state index in [0.29, 0.717) is 18.2 Å². The van der Waals surface area contributed by atoms with E-state index in [9.17, 15) is 13.2 Å². The molecular formula is C15H20ClNO4S. The topological polar surface area (TPSA) is 72.5 Å². The van der Waals surface area contributed by atoms with Crippen molar-refractivity contribution in [1.82, 2.24) is 5.32 Å². The van der Waals surface area contributed by atoms with E-state index >= 15 is 0 Å². The summed E-state index contributed by atoms with van der Waals surface area (Å²) in [7, 11) is -3.26. The maximum absolute atomic E-state index is 11.9. The minimum Gasteiger partial charge on any atom is -0.377 e. The highest BCUT2D eigenvalue weighted by molar-refractivity contribution is 7.91. The highest BCUT2D eigenvalue weighted by Crippen LogP contribution is 2.15. The molecule has 0 bridgehead atoms. The van der Waals surface area contributed by atoms with Crippen LogP contribution >= 0.6 is 11.6 Å². The summed E-state index contributed by atoms with van der Waals surface area (Å²) in [5.74, 6) is -0.442. The maximum Gasteiger partial charge on any atom is 0.221 e. The van der Waals surface area contributed by atoms with Gasteiger partial charge in [0.1, 0.15) is 0 Å². The van der Waals surface area contributed by atoms with Crippen LogP contribution in [0.3, 0.4) is 0 Å². The molecule has 1 atom stereocenters. The number of carbonyl (C=O) groups is 1. The smallest absolute Gasteiger partial charge is 0.221 e. The third-order valence-electron chi connectivity index (χ3n) is 3.54. The van der Waals surface area contributed by atoms with Gasteiger partial charge in [0.2, 0.25) is 5.91 Å². The summed E-state index contributed by atoms with van der Waals surface area (Å²) in [6.07, 6.45) is 1.42. The summed E-state index contributed by atoms with van der Waals surface area (Å²) >= 11 is 5.99. The Hall–Kier alpha value is -1.11. The molecule has 22 heavy (non-hydrogen) atoms. The minimum atomic E-state index is -3.26. The number of hydrogen-bond donors (Lipinski definition) is 1. The zero-order chi connectivity index (χ0) is 16.0. The van der Waals surface area contributed by atoms with Gasteiger partial charge < -0.3 is 10.1 Å². The Bertz CT molecular complexity index is 612. The van der Waals surface area contributed by atoms with Gasteiger partial charge in [-0.2, -0.15) is 0 Å². The molecule has 0 aromatic heterocycles. The first-order chi connectivity index (χ1) is 10.5. The third kappa shape index (κ3) is 5.59. The van der Waals surface area contributed by atoms with E-state index in [1.807, 2.05) is 18.2 Å². The molecule has 1 heterocycles. The van der Waals surface area contributed by atoms with Crippen LogP contribution < -0.4 is 5.32 Å². The van der Waals surface area contributed by atoms with E-state index in [0.717, 1.165) is 18.4 Å². The predicted octanol–water partition coefficient (Wildman–Crippen LogP) is 1.94. The van der Waals surface area contributed by atoms with Crippen molar-refractivity contribution in [2.24, 2.45) is 0 Å². The minimum absolute atomic E-state index is 0.00476. The molecule has 0 saturated carbocycles. The van der Waals surface area contributed by atoms with Crippen molar-refractivity contribution in [2.75, 3.05) is 18.1 Å². The molecule has 0 spiro atoms. The van der Waals surface area contributed by atoms with Gasteiger partial charge in [-0.25, -0.2) is 8.42 Å². The summed E-state index contributed by atoms with van der Waals surface area (Å²) in [6.45, 7) is 0.919. The lowest BCUT2D eigenvalue weighted by Crippen LogP contribution is -2.28. The van der Waals surface area contributed by atoms with Crippen molar-refractivity contribution in [3.63, 3.8) is 0 Å². The number of ether oxygens (including phenoxy) is 1. The molecule has 122 valence electrons. The number of halogens is 1. The lowest BCUT2D eigenvalue weighted by atomic mass is 10.2. The summed E-state index contributed by atoms with van der Waals surface area (Å²) in [5, 5.41) is 3.26. The van der Waals surface area contributed by atoms with Crippen LogP contribution in [-0.2, 0) is 25.9 Å². The Morgan fingerprint density at radius 3 is 2.82 bits per heavy atom. The van der Waals surface area contributed by atoms with Gasteiger partial charge in [-0.15, -0.1) is 0 Å². The van der Waals surface area contributed by atoms with E-state index in [1.165, 1.54) is 0 Å². The van der Waals surface area contributed by atoms with Gasteiger partial charge in [0, 0.05) is 24.6 Å². The Morgan fingerprint density at radius 2 is 2.14 bits per heavy atom. The van der Waals surface area contributed by atoms with Crippen molar-refractivity contribution in [2.45, 2.75) is 31.9 Å². The fourth-order valence-corrected chi connectivity index (χ4v) is 4.01. The molecule has 1 saturated heterocycles. The van der Waals surface area contributed by atoms with Crippen molar-refractivity contribution in [3.05, 3.63) is 34.9 Å². The molecule has 1 aliphatic heterocycles. The lowest BCUT2D eigenvalue weighted by molar-refractivity contribution is -0.120. The van der Waals surface area contributed by atoms with Crippen LogP contribution in [0.25, 0.3) is 0 Å². The van der Waals surface area contributed by atoms with E-state index in [2.05, 4.69) is 5.32 Å². The van der Waals surface area contributed by atoms with Gasteiger partial charge in [-0.05, 0) is 24.5 Å². The zero-order valence-electron chi connectivity index (χ0n) is 12.3. The molecule has 7 heteroatoms. The van der Waals surface area contributed by atoms with Gasteiger partial charge in [0.25, 0.3) is 0 Å². The molecule has 0 unspecified atom stereocenters. The third-order valence-corrected chi connectivity index (χ3v) is 5.61. The van der Waals surface area contributed by atoms with Crippen LogP contribution in [0.2, 0.25) is 5.02 Å². The average molecular weight is 346 g/mol. The molecule has 1 aliphatic rings. The Labute approximate surface area is 135 Å². The number of rotatable bonds is 7. The monoisotopic (exact) mass is 345 g/mol. The summed E-state index contributed by atoms with van der Waals surface area (Å²) in [5.41, 5.74) is 0.805. The lowest BCUT2D eigenvalue weighted by Gasteiger charge is -2.10. The fourth-order valence-electron chi connectivity index (χ4n) is 2.31. The standard InChI is InChI=1S/C15H20ClNO4S/c16-14-6-2-1-4-12(14)10-17-15(18)7-9-22(19,20)11-13-5-3-8-21-13/h1-2,4,6,13H,3,5,7-11H2,(H,17,18)/t13-/m0/s1. The van der Waals surface area contributed by atoms with Crippen LogP contribution in [0.15, 0.2) is 24.3 Å². The number of sulfone groups is 1. The molecule has 2 rings (SSSR count). The molecule has 1 fully saturated rings. The van der Waals surface area contributed by atoms with E-state index < -0.39 is 9.84 Å². The first-order valence-electron chi connectivity index (χ1n) is 7.28. The van der Waals surface area contributed by atoms with Crippen molar-refractivity contribution >= 4 is 27.3 Å². The first-order valence-corrected chi connectivity index (χ1v) is 9.48. The molecule has 5 nitrogen and oxygen atoms in total. The van der Waals surface area contributed by atoms with E-state index in [1.54, 1.807) is 6.07 Å². The second kappa shape index (κ2) is 7.94. The number of hydrogen-bond acceptors (Lipinski definition) is 4. The van der Waals surface area contributed by atoms with Crippen LogP contribution in [0.1, 0.15) is 24.8 Å². The average Bonchev–Trinajstić information content (AvgIpc) is 2.96. The largest absolute Gasteiger partial charge is 0.377 e. The van der Waals surface area contributed by atoms with Crippen molar-refractivity contribution in [1.29, 1.82) is 0 Å². The van der Waals surface area contributed by atoms with Gasteiger partial charge in [-0.1, -0.05) is 29.8 Å². The molecule has 1 aromatic carbocycles. The van der Waals surface area contributed by atoms with Crippen LogP contribution in [0.5, 0.6) is 0 Å². The number of nitrogens with one attached hydrogen (secondary N) is 1. The van der Waals surface area contributed by atoms with Gasteiger partial charge in [-0.3, -0.25) is 4.79 Å². The summed E-state index contributed by atoms with van der Waals surface area (Å²) < 4.78 is 29.2. The quantitative estimate of drug-likeness (QED) is 0.819. The Morgan fingerprint density at radius 1 is 1.36 bits per heavy atom. The fraction of sp³-hybridized carbons (Fsp3) is 0.533. The Kier molecular flexibility index (Phi) is 6.23. The second-order valence-corrected chi connectivity index (χ2v) is 8.00. The van der Waals surface area contributed by atoms with Gasteiger partial charge >= 0.3 is 0 Å². The molecule has 1 amide bonds. The SMILES string of the molecule is O=C(CCS(=O)(=O)C[C@@H]1CCCO1)NCc1ccccc1Cl. The first kappa shape index (κ1) is 17.2. The Balaban J connectivity index is 1.74. The summed E-state index contributed by atoms with van der Waals surface area (Å²) in [4.78, 5) is 11.8. The van der Waals surface area contributed by atoms with Crippen LogP contribution in [0, 0.1) is 0 Å². The summed E-state index contributed by atoms with van der Waals surface area (Å²) in [6, 6.07) is 7.21. The normalized spacial score (nSPS) is 18.3. The number of benzene rings is 1. The van der Waals surface area contributed by atoms with Crippen molar-refractivity contribution < 1.29 is 17.9 Å². The number of amides is 1. The second-order valence-electron chi connectivity index (χ2n) is 5.37. The van der Waals surface area contributed by atoms with Crippen LogP contribution in [-0.4, -0.2) is 38.5 Å². The zero-order valence-corrected chi connectivity index (χ0v) is 13.8. The maximum atomic E-state index is 11.9. The molecular weight excluding hydrogens is 326 g/mol. The van der Waals surface area contributed by atoms with Gasteiger partial charge in [0.15, 0.2) is 9.84 Å². The van der Waals surface area contributed by atoms with E-state index in [-0.39, 0.29) is 29.9 Å². The molecule has 1 N–H and O–H groups in total. The number of carbonyl (C=O) groups excluding carboxylic acids is 1. The molecule has 0 aliphatic carbocycles. The molecule has 0 radical (unpaired) electrons. The van der Waals surface area contributed by atoms with Crippen molar-refractivity contribution in [3.8, 4) is 0 Å². The van der Waals surface area contributed by atoms with Gasteiger partial charge in [0.05, 0.1) is 17.6 Å². The highest BCUT2D eigenvalue weighted by atomic mass is 35.5. The molecule has 1 aromatic rings. The van der Waals surface area contributed by atoms with E-state index in [4.69, 9.17) is 16.3 Å².